The van der Waals surface area contributed by atoms with E-state index in [-0.39, 0.29) is 11.9 Å². The van der Waals surface area contributed by atoms with Gasteiger partial charge in [-0.2, -0.15) is 0 Å². The molecular weight excluding hydrogens is 304 g/mol. The van der Waals surface area contributed by atoms with Gasteiger partial charge in [0.1, 0.15) is 0 Å². The van der Waals surface area contributed by atoms with E-state index in [0.29, 0.717) is 16.3 Å². The van der Waals surface area contributed by atoms with E-state index in [0.717, 1.165) is 12.2 Å². The van der Waals surface area contributed by atoms with E-state index in [1.165, 1.54) is 10.5 Å². The van der Waals surface area contributed by atoms with Gasteiger partial charge in [-0.1, -0.05) is 29.8 Å². The Morgan fingerprint density at radius 1 is 1.29 bits per heavy atom. The maximum Gasteiger partial charge on any atom is 0.251 e. The third-order valence-electron chi connectivity index (χ3n) is 3.53. The summed E-state index contributed by atoms with van der Waals surface area (Å²) in [6, 6.07) is 13.2. The molecule has 0 bridgehead atoms. The molecule has 5 heteroatoms. The predicted molar refractivity (Wildman–Crippen MR) is 87.9 cm³/mol. The largest absolute Gasteiger partial charge is 0.398 e. The summed E-state index contributed by atoms with van der Waals surface area (Å²) in [6.45, 7) is 0. The molecule has 3 nitrogen and oxygen atoms in total. The summed E-state index contributed by atoms with van der Waals surface area (Å²) in [7, 11) is 0. The molecule has 1 amide bonds. The Balaban J connectivity index is 1.81. The fourth-order valence-corrected chi connectivity index (χ4v) is 3.71. The number of hydrogen-bond donors (Lipinski definition) is 2. The maximum absolute atomic E-state index is 12.4. The summed E-state index contributed by atoms with van der Waals surface area (Å²) in [4.78, 5) is 13.6. The van der Waals surface area contributed by atoms with Gasteiger partial charge in [-0.05, 0) is 36.2 Å². The van der Waals surface area contributed by atoms with Crippen molar-refractivity contribution >= 4 is 35.0 Å². The third-order valence-corrected chi connectivity index (χ3v) is 4.98. The fraction of sp³-hybridized carbons (Fsp3) is 0.188. The second-order valence-corrected chi connectivity index (χ2v) is 6.48. The van der Waals surface area contributed by atoms with Crippen LogP contribution < -0.4 is 11.1 Å². The molecule has 1 unspecified atom stereocenters. The van der Waals surface area contributed by atoms with Crippen LogP contribution in [0.1, 0.15) is 28.4 Å². The Kier molecular flexibility index (Phi) is 4.08. The third kappa shape index (κ3) is 3.01. The Morgan fingerprint density at radius 2 is 2.10 bits per heavy atom. The summed E-state index contributed by atoms with van der Waals surface area (Å²) < 4.78 is 0. The number of nitrogens with one attached hydrogen (secondary N) is 1. The van der Waals surface area contributed by atoms with Crippen LogP contribution in [0.3, 0.4) is 0 Å². The molecule has 108 valence electrons. The lowest BCUT2D eigenvalue weighted by molar-refractivity contribution is 0.0935. The first kappa shape index (κ1) is 14.3. The van der Waals surface area contributed by atoms with Gasteiger partial charge >= 0.3 is 0 Å². The molecule has 1 aliphatic rings. The minimum Gasteiger partial charge on any atom is -0.398 e. The molecular formula is C16H15ClN2OS. The molecule has 3 N–H and O–H groups in total. The molecule has 0 saturated carbocycles. The number of amides is 1. The van der Waals surface area contributed by atoms with Crippen LogP contribution in [0, 0.1) is 0 Å². The highest BCUT2D eigenvalue weighted by Gasteiger charge is 2.22. The van der Waals surface area contributed by atoms with Gasteiger partial charge in [0.05, 0.1) is 16.8 Å². The number of nitrogens with two attached hydrogens (primary N) is 1. The highest BCUT2D eigenvalue weighted by Crippen LogP contribution is 2.36. The number of benzene rings is 2. The zero-order valence-electron chi connectivity index (χ0n) is 11.3. The van der Waals surface area contributed by atoms with E-state index in [9.17, 15) is 4.79 Å². The number of thioether (sulfide) groups is 1. The van der Waals surface area contributed by atoms with Crippen molar-refractivity contribution in [1.29, 1.82) is 0 Å². The highest BCUT2D eigenvalue weighted by molar-refractivity contribution is 7.99. The standard InChI is InChI=1S/C16H15ClN2OS/c17-12-9-10(5-6-13(12)18)16(20)19-14-7-8-21-15-4-2-1-3-11(14)15/h1-6,9,14H,7-8,18H2,(H,19,20). The van der Waals surface area contributed by atoms with Crippen LogP contribution in [0.25, 0.3) is 0 Å². The smallest absolute Gasteiger partial charge is 0.251 e. The quantitative estimate of drug-likeness (QED) is 0.826. The number of halogens is 1. The van der Waals surface area contributed by atoms with Gasteiger partial charge < -0.3 is 11.1 Å². The lowest BCUT2D eigenvalue weighted by Gasteiger charge is -2.26. The lowest BCUT2D eigenvalue weighted by Crippen LogP contribution is -2.30. The summed E-state index contributed by atoms with van der Waals surface area (Å²) >= 11 is 7.80. The molecule has 2 aromatic carbocycles. The summed E-state index contributed by atoms with van der Waals surface area (Å²) in [5, 5.41) is 3.49. The van der Waals surface area contributed by atoms with E-state index < -0.39 is 0 Å². The summed E-state index contributed by atoms with van der Waals surface area (Å²) in [5.41, 5.74) is 7.87. The van der Waals surface area contributed by atoms with Gasteiger partial charge in [-0.3, -0.25) is 4.79 Å². The van der Waals surface area contributed by atoms with Gasteiger partial charge in [0.25, 0.3) is 5.91 Å². The summed E-state index contributed by atoms with van der Waals surface area (Å²) in [5.74, 6) is 0.883. The average Bonchev–Trinajstić information content (AvgIpc) is 2.50. The Labute approximate surface area is 132 Å². The van der Waals surface area contributed by atoms with Gasteiger partial charge in [0.2, 0.25) is 0 Å². The van der Waals surface area contributed by atoms with Gasteiger partial charge in [0, 0.05) is 16.2 Å². The van der Waals surface area contributed by atoms with Crippen molar-refractivity contribution in [3.63, 3.8) is 0 Å². The van der Waals surface area contributed by atoms with E-state index >= 15 is 0 Å². The van der Waals surface area contributed by atoms with Gasteiger partial charge in [0.15, 0.2) is 0 Å². The molecule has 0 spiro atoms. The monoisotopic (exact) mass is 318 g/mol. The highest BCUT2D eigenvalue weighted by atomic mass is 35.5. The van der Waals surface area contributed by atoms with E-state index in [4.69, 9.17) is 17.3 Å². The van der Waals surface area contributed by atoms with E-state index in [1.54, 1.807) is 18.2 Å². The number of carbonyl (C=O) groups excluding carboxylic acids is 1. The van der Waals surface area contributed by atoms with Crippen LogP contribution in [0.15, 0.2) is 47.4 Å². The molecule has 1 heterocycles. The summed E-state index contributed by atoms with van der Waals surface area (Å²) in [6.07, 6.45) is 0.927. The number of carbonyl (C=O) groups is 1. The van der Waals surface area contributed by atoms with Crippen molar-refractivity contribution in [2.75, 3.05) is 11.5 Å². The molecule has 3 rings (SSSR count). The van der Waals surface area contributed by atoms with Crippen LogP contribution in [0.2, 0.25) is 5.02 Å². The molecule has 0 aromatic heterocycles. The van der Waals surface area contributed by atoms with E-state index in [1.807, 2.05) is 23.9 Å². The fourth-order valence-electron chi connectivity index (χ4n) is 2.40. The van der Waals surface area contributed by atoms with Crippen LogP contribution in [-0.2, 0) is 0 Å². The molecule has 0 aliphatic carbocycles. The molecule has 0 radical (unpaired) electrons. The normalized spacial score (nSPS) is 17.1. The molecule has 2 aromatic rings. The first-order valence-electron chi connectivity index (χ1n) is 6.73. The van der Waals surface area contributed by atoms with Gasteiger partial charge in [-0.15, -0.1) is 11.8 Å². The number of nitrogen functional groups attached to an aromatic ring is 1. The number of anilines is 1. The van der Waals surface area contributed by atoms with Crippen molar-refractivity contribution in [3.05, 3.63) is 58.6 Å². The van der Waals surface area contributed by atoms with Crippen molar-refractivity contribution in [1.82, 2.24) is 5.32 Å². The Bertz CT molecular complexity index is 690. The van der Waals surface area contributed by atoms with Crippen LogP contribution in [0.5, 0.6) is 0 Å². The zero-order chi connectivity index (χ0) is 14.8. The Hall–Kier alpha value is -1.65. The van der Waals surface area contributed by atoms with E-state index in [2.05, 4.69) is 17.4 Å². The van der Waals surface area contributed by atoms with Crippen molar-refractivity contribution in [2.45, 2.75) is 17.4 Å². The SMILES string of the molecule is Nc1ccc(C(=O)NC2CCSc3ccccc32)cc1Cl. The first-order valence-corrected chi connectivity index (χ1v) is 8.09. The topological polar surface area (TPSA) is 55.1 Å². The molecule has 0 saturated heterocycles. The van der Waals surface area contributed by atoms with Crippen LogP contribution in [-0.4, -0.2) is 11.7 Å². The van der Waals surface area contributed by atoms with Crippen LogP contribution in [0.4, 0.5) is 5.69 Å². The number of hydrogen-bond acceptors (Lipinski definition) is 3. The van der Waals surface area contributed by atoms with Crippen molar-refractivity contribution in [3.8, 4) is 0 Å². The maximum atomic E-state index is 12.4. The molecule has 1 atom stereocenters. The number of fused-ring (bicyclic) bond motifs is 1. The molecule has 0 fully saturated rings. The lowest BCUT2D eigenvalue weighted by atomic mass is 10.0. The molecule has 21 heavy (non-hydrogen) atoms. The van der Waals surface area contributed by atoms with Gasteiger partial charge in [-0.25, -0.2) is 0 Å². The second-order valence-electron chi connectivity index (χ2n) is 4.94. The van der Waals surface area contributed by atoms with Crippen LogP contribution >= 0.6 is 23.4 Å². The minimum absolute atomic E-state index is 0.0475. The molecule has 1 aliphatic heterocycles. The minimum atomic E-state index is -0.122. The van der Waals surface area contributed by atoms with Crippen molar-refractivity contribution in [2.24, 2.45) is 0 Å². The first-order chi connectivity index (χ1) is 10.1. The second kappa shape index (κ2) is 6.00. The predicted octanol–water partition coefficient (Wildman–Crippen LogP) is 3.89. The zero-order valence-corrected chi connectivity index (χ0v) is 12.9. The van der Waals surface area contributed by atoms with Crippen molar-refractivity contribution < 1.29 is 4.79 Å². The number of rotatable bonds is 2. The Morgan fingerprint density at radius 3 is 2.90 bits per heavy atom. The average molecular weight is 319 g/mol.